The van der Waals surface area contributed by atoms with Crippen molar-refractivity contribution in [2.75, 3.05) is 39.6 Å². The molecular formula is C20H26FN5O3S. The van der Waals surface area contributed by atoms with Gasteiger partial charge in [-0.05, 0) is 38.1 Å². The fourth-order valence-electron chi connectivity index (χ4n) is 4.19. The standard InChI is InChI=1S/C20H26FN5O3S/c1-22-19-14-12-25(2)10-8-15(14)23-20(24-19)16-5-4-9-26(16)30(27,28)18-11-13(21)6-7-17(18)29-3/h6-7,11,16H,4-5,8-10,12H2,1-3H3,(H,22,23,24)/t16-/m0/s1. The lowest BCUT2D eigenvalue weighted by molar-refractivity contribution is 0.307. The second-order valence-electron chi connectivity index (χ2n) is 7.66. The molecule has 1 fully saturated rings. The van der Waals surface area contributed by atoms with E-state index in [2.05, 4.69) is 15.2 Å². The van der Waals surface area contributed by atoms with Crippen molar-refractivity contribution in [3.63, 3.8) is 0 Å². The molecule has 0 aliphatic carbocycles. The highest BCUT2D eigenvalue weighted by atomic mass is 32.2. The summed E-state index contributed by atoms with van der Waals surface area (Å²) in [5.41, 5.74) is 2.00. The molecule has 0 unspecified atom stereocenters. The molecule has 1 aromatic heterocycles. The molecule has 0 radical (unpaired) electrons. The Balaban J connectivity index is 1.75. The van der Waals surface area contributed by atoms with Crippen LogP contribution in [0.3, 0.4) is 0 Å². The number of sulfonamides is 1. The number of halogens is 1. The summed E-state index contributed by atoms with van der Waals surface area (Å²) in [7, 11) is 1.24. The number of anilines is 1. The van der Waals surface area contributed by atoms with Crippen LogP contribution in [0.1, 0.15) is 36.0 Å². The molecule has 1 N–H and O–H groups in total. The number of hydrogen-bond donors (Lipinski definition) is 1. The lowest BCUT2D eigenvalue weighted by atomic mass is 10.1. The monoisotopic (exact) mass is 435 g/mol. The molecule has 2 aliphatic heterocycles. The topological polar surface area (TPSA) is 87.7 Å². The summed E-state index contributed by atoms with van der Waals surface area (Å²) < 4.78 is 47.3. The number of nitrogens with zero attached hydrogens (tertiary/aromatic N) is 4. The van der Waals surface area contributed by atoms with Gasteiger partial charge in [0.25, 0.3) is 0 Å². The molecule has 1 aromatic carbocycles. The Bertz CT molecular complexity index is 1050. The number of benzene rings is 1. The maximum atomic E-state index is 13.9. The lowest BCUT2D eigenvalue weighted by Crippen LogP contribution is -2.33. The van der Waals surface area contributed by atoms with E-state index in [0.717, 1.165) is 42.7 Å². The van der Waals surface area contributed by atoms with Gasteiger partial charge < -0.3 is 15.0 Å². The maximum Gasteiger partial charge on any atom is 0.247 e. The normalized spacial score (nSPS) is 20.2. The molecule has 4 rings (SSSR count). The van der Waals surface area contributed by atoms with E-state index in [1.54, 1.807) is 0 Å². The fourth-order valence-corrected chi connectivity index (χ4v) is 6.01. The average Bonchev–Trinajstić information content (AvgIpc) is 3.24. The second kappa shape index (κ2) is 8.09. The van der Waals surface area contributed by atoms with Crippen LogP contribution in [0, 0.1) is 5.82 Å². The van der Waals surface area contributed by atoms with Gasteiger partial charge in [0.2, 0.25) is 10.0 Å². The van der Waals surface area contributed by atoms with E-state index in [1.165, 1.54) is 23.5 Å². The number of ether oxygens (including phenoxy) is 1. The summed E-state index contributed by atoms with van der Waals surface area (Å²) in [6, 6.07) is 3.02. The molecule has 8 nitrogen and oxygen atoms in total. The Kier molecular flexibility index (Phi) is 5.65. The Morgan fingerprint density at radius 2 is 2.07 bits per heavy atom. The molecule has 0 spiro atoms. The summed E-state index contributed by atoms with van der Waals surface area (Å²) in [6.07, 6.45) is 2.07. The van der Waals surface area contributed by atoms with Crippen molar-refractivity contribution >= 4 is 15.8 Å². The van der Waals surface area contributed by atoms with Crippen molar-refractivity contribution < 1.29 is 17.5 Å². The third-order valence-electron chi connectivity index (χ3n) is 5.72. The number of hydrogen-bond acceptors (Lipinski definition) is 7. The molecule has 162 valence electrons. The van der Waals surface area contributed by atoms with Crippen LogP contribution in [-0.2, 0) is 23.0 Å². The predicted molar refractivity (Wildman–Crippen MR) is 110 cm³/mol. The average molecular weight is 436 g/mol. The summed E-state index contributed by atoms with van der Waals surface area (Å²) in [5.74, 6) is 0.706. The Morgan fingerprint density at radius 1 is 1.27 bits per heavy atom. The first-order valence-corrected chi connectivity index (χ1v) is 11.4. The van der Waals surface area contributed by atoms with E-state index >= 15 is 0 Å². The van der Waals surface area contributed by atoms with Gasteiger partial charge in [0.05, 0.1) is 18.8 Å². The van der Waals surface area contributed by atoms with Crippen LogP contribution >= 0.6 is 0 Å². The summed E-state index contributed by atoms with van der Waals surface area (Å²) in [5, 5.41) is 3.14. The zero-order valence-electron chi connectivity index (χ0n) is 17.4. The van der Waals surface area contributed by atoms with Crippen LogP contribution in [0.2, 0.25) is 0 Å². The van der Waals surface area contributed by atoms with Crippen LogP contribution in [0.4, 0.5) is 10.2 Å². The van der Waals surface area contributed by atoms with Crippen LogP contribution in [0.5, 0.6) is 5.75 Å². The summed E-state index contributed by atoms with van der Waals surface area (Å²) >= 11 is 0. The quantitative estimate of drug-likeness (QED) is 0.770. The highest BCUT2D eigenvalue weighted by Gasteiger charge is 2.40. The van der Waals surface area contributed by atoms with Gasteiger partial charge in [-0.25, -0.2) is 22.8 Å². The molecule has 1 atom stereocenters. The van der Waals surface area contributed by atoms with Crippen LogP contribution < -0.4 is 10.1 Å². The van der Waals surface area contributed by atoms with Gasteiger partial charge in [0.1, 0.15) is 28.1 Å². The zero-order valence-corrected chi connectivity index (χ0v) is 18.2. The molecule has 2 aliphatic rings. The van der Waals surface area contributed by atoms with Gasteiger partial charge in [0, 0.05) is 38.7 Å². The van der Waals surface area contributed by atoms with Crippen molar-refractivity contribution in [1.29, 1.82) is 0 Å². The molecular weight excluding hydrogens is 409 g/mol. The highest BCUT2D eigenvalue weighted by molar-refractivity contribution is 7.89. The van der Waals surface area contributed by atoms with Crippen molar-refractivity contribution in [3.05, 3.63) is 41.1 Å². The van der Waals surface area contributed by atoms with Gasteiger partial charge in [-0.2, -0.15) is 4.31 Å². The molecule has 30 heavy (non-hydrogen) atoms. The van der Waals surface area contributed by atoms with E-state index in [1.807, 2.05) is 14.1 Å². The van der Waals surface area contributed by atoms with Gasteiger partial charge in [-0.15, -0.1) is 0 Å². The molecule has 10 heteroatoms. The Hall–Kier alpha value is -2.30. The van der Waals surface area contributed by atoms with E-state index in [4.69, 9.17) is 9.72 Å². The zero-order chi connectivity index (χ0) is 21.5. The van der Waals surface area contributed by atoms with Crippen LogP contribution in [-0.4, -0.2) is 61.9 Å². The molecule has 0 bridgehead atoms. The minimum absolute atomic E-state index is 0.118. The minimum atomic E-state index is -3.99. The first-order chi connectivity index (χ1) is 14.3. The molecule has 2 aromatic rings. The maximum absolute atomic E-state index is 13.9. The van der Waals surface area contributed by atoms with Gasteiger partial charge >= 0.3 is 0 Å². The van der Waals surface area contributed by atoms with Crippen molar-refractivity contribution in [2.45, 2.75) is 36.7 Å². The Morgan fingerprint density at radius 3 is 2.80 bits per heavy atom. The molecule has 1 saturated heterocycles. The molecule has 0 amide bonds. The van der Waals surface area contributed by atoms with Crippen LogP contribution in [0.15, 0.2) is 23.1 Å². The largest absolute Gasteiger partial charge is 0.495 e. The lowest BCUT2D eigenvalue weighted by Gasteiger charge is -2.28. The number of likely N-dealkylation sites (N-methyl/N-ethyl adjacent to an activating group) is 1. The number of methoxy groups -OCH3 is 1. The highest BCUT2D eigenvalue weighted by Crippen LogP contribution is 2.39. The SMILES string of the molecule is CNc1nc([C@@H]2CCCN2S(=O)(=O)c2cc(F)ccc2OC)nc2c1CN(C)CC2. The van der Waals surface area contributed by atoms with Crippen molar-refractivity contribution in [3.8, 4) is 5.75 Å². The van der Waals surface area contributed by atoms with E-state index in [-0.39, 0.29) is 10.6 Å². The van der Waals surface area contributed by atoms with E-state index in [9.17, 15) is 12.8 Å². The third-order valence-corrected chi connectivity index (χ3v) is 7.65. The first-order valence-electron chi connectivity index (χ1n) is 9.96. The fraction of sp³-hybridized carbons (Fsp3) is 0.500. The summed E-state index contributed by atoms with van der Waals surface area (Å²) in [6.45, 7) is 1.96. The second-order valence-corrected chi connectivity index (χ2v) is 9.52. The Labute approximate surface area is 176 Å². The van der Waals surface area contributed by atoms with E-state index < -0.39 is 21.9 Å². The predicted octanol–water partition coefficient (Wildman–Crippen LogP) is 2.18. The smallest absolute Gasteiger partial charge is 0.247 e. The van der Waals surface area contributed by atoms with Crippen LogP contribution in [0.25, 0.3) is 0 Å². The first kappa shape index (κ1) is 21.0. The van der Waals surface area contributed by atoms with Crippen molar-refractivity contribution in [1.82, 2.24) is 19.2 Å². The number of aromatic nitrogens is 2. The molecule has 0 saturated carbocycles. The third kappa shape index (κ3) is 3.63. The van der Waals surface area contributed by atoms with Gasteiger partial charge in [-0.3, -0.25) is 0 Å². The van der Waals surface area contributed by atoms with Gasteiger partial charge in [-0.1, -0.05) is 0 Å². The number of rotatable bonds is 5. The molecule has 3 heterocycles. The number of fused-ring (bicyclic) bond motifs is 1. The van der Waals surface area contributed by atoms with E-state index in [0.29, 0.717) is 25.2 Å². The van der Waals surface area contributed by atoms with Crippen molar-refractivity contribution in [2.24, 2.45) is 0 Å². The summed E-state index contributed by atoms with van der Waals surface area (Å²) in [4.78, 5) is 11.5. The van der Waals surface area contributed by atoms with Gasteiger partial charge in [0.15, 0.2) is 0 Å². The minimum Gasteiger partial charge on any atom is -0.495 e. The number of nitrogens with one attached hydrogen (secondary N) is 1.